The summed E-state index contributed by atoms with van der Waals surface area (Å²) < 4.78 is 9.22. The van der Waals surface area contributed by atoms with E-state index < -0.39 is 5.60 Å². The molecule has 10 nitrogen and oxygen atoms in total. The van der Waals surface area contributed by atoms with Crippen LogP contribution in [-0.2, 0) is 18.3 Å². The van der Waals surface area contributed by atoms with Gasteiger partial charge in [-0.2, -0.15) is 5.10 Å². The first-order valence-corrected chi connectivity index (χ1v) is 12.1. The van der Waals surface area contributed by atoms with Gasteiger partial charge in [0, 0.05) is 49.4 Å². The lowest BCUT2D eigenvalue weighted by Crippen LogP contribution is -2.27. The minimum absolute atomic E-state index is 0.222. The molecule has 3 N–H and O–H groups in total. The summed E-state index contributed by atoms with van der Waals surface area (Å²) in [5.74, 6) is 0.0553. The molecule has 36 heavy (non-hydrogen) atoms. The number of hydrogen-bond acceptors (Lipinski definition) is 7. The molecule has 1 amide bonds. The maximum Gasteiger partial charge on any atom is 0.258 e. The van der Waals surface area contributed by atoms with Gasteiger partial charge in [0.25, 0.3) is 5.91 Å². The Labute approximate surface area is 209 Å². The monoisotopic (exact) mass is 489 g/mol. The number of amides is 1. The quantitative estimate of drug-likeness (QED) is 0.347. The Morgan fingerprint density at radius 1 is 1.28 bits per heavy atom. The zero-order valence-electron chi connectivity index (χ0n) is 20.7. The van der Waals surface area contributed by atoms with Crippen molar-refractivity contribution in [2.24, 2.45) is 7.05 Å². The molecule has 4 aromatic rings. The van der Waals surface area contributed by atoms with Gasteiger partial charge >= 0.3 is 0 Å². The number of aliphatic hydroxyl groups is 1. The number of imidazole rings is 1. The fraction of sp³-hybridized carbons (Fsp3) is 0.385. The lowest BCUT2D eigenvalue weighted by Gasteiger charge is -2.20. The van der Waals surface area contributed by atoms with Gasteiger partial charge in [0.05, 0.1) is 41.2 Å². The summed E-state index contributed by atoms with van der Waals surface area (Å²) in [6, 6.07) is 9.27. The van der Waals surface area contributed by atoms with Crippen molar-refractivity contribution in [3.05, 3.63) is 54.5 Å². The highest BCUT2D eigenvalue weighted by molar-refractivity contribution is 6.04. The molecule has 10 heteroatoms. The second kappa shape index (κ2) is 9.71. The van der Waals surface area contributed by atoms with Crippen molar-refractivity contribution in [2.75, 3.05) is 23.8 Å². The summed E-state index contributed by atoms with van der Waals surface area (Å²) >= 11 is 0. The van der Waals surface area contributed by atoms with Gasteiger partial charge in [0.15, 0.2) is 0 Å². The number of fused-ring (bicyclic) bond motifs is 1. The van der Waals surface area contributed by atoms with Gasteiger partial charge in [-0.1, -0.05) is 0 Å². The third-order valence-electron chi connectivity index (χ3n) is 6.10. The smallest absolute Gasteiger partial charge is 0.258 e. The summed E-state index contributed by atoms with van der Waals surface area (Å²) in [5, 5.41) is 21.1. The van der Waals surface area contributed by atoms with Crippen molar-refractivity contribution in [1.29, 1.82) is 0 Å². The Balaban J connectivity index is 1.41. The predicted molar refractivity (Wildman–Crippen MR) is 138 cm³/mol. The number of carbonyl (C=O) groups is 1. The van der Waals surface area contributed by atoms with Gasteiger partial charge in [-0.15, -0.1) is 0 Å². The number of benzene rings is 1. The van der Waals surface area contributed by atoms with Crippen LogP contribution in [0.15, 0.2) is 48.9 Å². The van der Waals surface area contributed by atoms with Gasteiger partial charge in [0.2, 0.25) is 5.95 Å². The molecule has 1 aliphatic heterocycles. The summed E-state index contributed by atoms with van der Waals surface area (Å²) in [4.78, 5) is 22.3. The number of aryl methyl sites for hydroxylation is 1. The molecule has 188 valence electrons. The number of nitrogens with one attached hydrogen (secondary N) is 2. The minimum atomic E-state index is -1.01. The number of aromatic nitrogens is 5. The molecule has 0 unspecified atom stereocenters. The van der Waals surface area contributed by atoms with Gasteiger partial charge in [-0.25, -0.2) is 4.98 Å². The first-order chi connectivity index (χ1) is 17.2. The van der Waals surface area contributed by atoms with Crippen LogP contribution in [0.3, 0.4) is 0 Å². The first-order valence-electron chi connectivity index (χ1n) is 12.1. The van der Waals surface area contributed by atoms with Crippen molar-refractivity contribution < 1.29 is 14.6 Å². The summed E-state index contributed by atoms with van der Waals surface area (Å²) in [6.45, 7) is 5.27. The number of carbonyl (C=O) groups excluding carboxylic acids is 1. The largest absolute Gasteiger partial charge is 0.389 e. The molecule has 0 spiro atoms. The third kappa shape index (κ3) is 5.39. The molecule has 0 bridgehead atoms. The van der Waals surface area contributed by atoms with Crippen LogP contribution >= 0.6 is 0 Å². The van der Waals surface area contributed by atoms with Crippen molar-refractivity contribution in [3.63, 3.8) is 0 Å². The summed E-state index contributed by atoms with van der Waals surface area (Å²) in [7, 11) is 1.83. The van der Waals surface area contributed by atoms with E-state index in [1.807, 2.05) is 36.0 Å². The van der Waals surface area contributed by atoms with Gasteiger partial charge < -0.3 is 19.7 Å². The average Bonchev–Trinajstić information content (AvgIpc) is 3.58. The van der Waals surface area contributed by atoms with Crippen LogP contribution in [0.25, 0.3) is 22.3 Å². The molecule has 0 aliphatic carbocycles. The fourth-order valence-corrected chi connectivity index (χ4v) is 4.38. The Morgan fingerprint density at radius 2 is 2.14 bits per heavy atom. The molecular formula is C26H31N7O3. The van der Waals surface area contributed by atoms with E-state index >= 15 is 0 Å². The molecule has 1 atom stereocenters. The number of ether oxygens (including phenoxy) is 1. The summed E-state index contributed by atoms with van der Waals surface area (Å²) in [5.41, 5.74) is 3.39. The standard InChI is InChI=1S/C26H31N7O3/c1-26(2,35)16-33-23-7-6-19(28-14-20-5-4-10-36-20)12-22(23)30-25(33)31-24(34)17-8-9-27-21(11-17)18-13-29-32(3)15-18/h6-9,11-13,15,20,28,35H,4-5,10,14,16H2,1-3H3,(H,30,31,34)/t20-/m0/s1. The number of hydrogen-bond donors (Lipinski definition) is 3. The lowest BCUT2D eigenvalue weighted by atomic mass is 10.1. The van der Waals surface area contributed by atoms with E-state index in [0.29, 0.717) is 17.2 Å². The van der Waals surface area contributed by atoms with Crippen LogP contribution in [0.5, 0.6) is 0 Å². The second-order valence-corrected chi connectivity index (χ2v) is 9.84. The van der Waals surface area contributed by atoms with Crippen LogP contribution in [-0.4, -0.2) is 60.2 Å². The normalized spacial score (nSPS) is 15.9. The molecule has 1 aromatic carbocycles. The van der Waals surface area contributed by atoms with Crippen LogP contribution in [0.4, 0.5) is 11.6 Å². The molecular weight excluding hydrogens is 458 g/mol. The predicted octanol–water partition coefficient (Wildman–Crippen LogP) is 3.45. The van der Waals surface area contributed by atoms with E-state index in [-0.39, 0.29) is 18.6 Å². The molecule has 1 aliphatic rings. The highest BCUT2D eigenvalue weighted by atomic mass is 16.5. The SMILES string of the molecule is Cn1cc(-c2cc(C(=O)Nc3nc4cc(NC[C@@H]5CCCO5)ccc4n3CC(C)(C)O)ccn2)cn1. The Hall–Kier alpha value is -3.76. The third-order valence-corrected chi connectivity index (χ3v) is 6.10. The Morgan fingerprint density at radius 3 is 2.86 bits per heavy atom. The van der Waals surface area contributed by atoms with Crippen LogP contribution in [0, 0.1) is 0 Å². The Kier molecular flexibility index (Phi) is 6.46. The molecule has 1 fully saturated rings. The highest BCUT2D eigenvalue weighted by Gasteiger charge is 2.22. The zero-order chi connectivity index (χ0) is 25.3. The number of nitrogens with zero attached hydrogens (tertiary/aromatic N) is 5. The topological polar surface area (TPSA) is 119 Å². The van der Waals surface area contributed by atoms with E-state index in [9.17, 15) is 9.90 Å². The molecule has 4 heterocycles. The van der Waals surface area contributed by atoms with E-state index in [0.717, 1.165) is 48.3 Å². The highest BCUT2D eigenvalue weighted by Crippen LogP contribution is 2.26. The van der Waals surface area contributed by atoms with E-state index in [4.69, 9.17) is 9.72 Å². The molecule has 1 saturated heterocycles. The maximum absolute atomic E-state index is 13.2. The number of anilines is 2. The van der Waals surface area contributed by atoms with Crippen molar-refractivity contribution in [3.8, 4) is 11.3 Å². The van der Waals surface area contributed by atoms with Crippen LogP contribution in [0.2, 0.25) is 0 Å². The second-order valence-electron chi connectivity index (χ2n) is 9.84. The van der Waals surface area contributed by atoms with Gasteiger partial charge in [-0.05, 0) is 57.0 Å². The fourth-order valence-electron chi connectivity index (χ4n) is 4.38. The summed E-state index contributed by atoms with van der Waals surface area (Å²) in [6.07, 6.45) is 7.53. The molecule has 0 radical (unpaired) electrons. The lowest BCUT2D eigenvalue weighted by molar-refractivity contribution is 0.0630. The van der Waals surface area contributed by atoms with Crippen molar-refractivity contribution in [2.45, 2.75) is 44.9 Å². The van der Waals surface area contributed by atoms with Crippen LogP contribution < -0.4 is 10.6 Å². The van der Waals surface area contributed by atoms with Gasteiger partial charge in [-0.3, -0.25) is 19.8 Å². The van der Waals surface area contributed by atoms with Gasteiger partial charge in [0.1, 0.15) is 0 Å². The van der Waals surface area contributed by atoms with E-state index in [2.05, 4.69) is 20.7 Å². The van der Waals surface area contributed by atoms with E-state index in [1.165, 1.54) is 0 Å². The van der Waals surface area contributed by atoms with Crippen LogP contribution in [0.1, 0.15) is 37.0 Å². The first kappa shape index (κ1) is 24.0. The average molecular weight is 490 g/mol. The molecule has 5 rings (SSSR count). The minimum Gasteiger partial charge on any atom is -0.389 e. The van der Waals surface area contributed by atoms with Crippen molar-refractivity contribution >= 4 is 28.6 Å². The Bertz CT molecular complexity index is 1380. The van der Waals surface area contributed by atoms with E-state index in [1.54, 1.807) is 43.1 Å². The molecule has 3 aromatic heterocycles. The maximum atomic E-state index is 13.2. The number of rotatable bonds is 8. The molecule has 0 saturated carbocycles. The number of pyridine rings is 1. The zero-order valence-corrected chi connectivity index (χ0v) is 20.7. The van der Waals surface area contributed by atoms with Crippen molar-refractivity contribution in [1.82, 2.24) is 24.3 Å².